The number of hydrogen-bond donors (Lipinski definition) is 2. The van der Waals surface area contributed by atoms with E-state index < -0.39 is 0 Å². The minimum absolute atomic E-state index is 0.0402. The van der Waals surface area contributed by atoms with Crippen molar-refractivity contribution in [2.75, 3.05) is 23.3 Å². The van der Waals surface area contributed by atoms with E-state index in [9.17, 15) is 9.59 Å². The normalized spacial score (nSPS) is 14.6. The van der Waals surface area contributed by atoms with Crippen LogP contribution in [0.3, 0.4) is 0 Å². The number of carbonyl (C=O) groups excluding carboxylic acids is 1. The van der Waals surface area contributed by atoms with Crippen molar-refractivity contribution in [3.8, 4) is 0 Å². The molecule has 3 aromatic rings. The molecule has 7 nitrogen and oxygen atoms in total. The van der Waals surface area contributed by atoms with E-state index in [4.69, 9.17) is 4.98 Å². The van der Waals surface area contributed by atoms with Gasteiger partial charge in [-0.05, 0) is 55.9 Å². The first kappa shape index (κ1) is 22.8. The molecule has 2 aromatic carbocycles. The molecule has 7 heteroatoms. The van der Waals surface area contributed by atoms with Gasteiger partial charge in [-0.15, -0.1) is 0 Å². The van der Waals surface area contributed by atoms with Crippen LogP contribution in [0.5, 0.6) is 0 Å². The first-order chi connectivity index (χ1) is 15.8. The quantitative estimate of drug-likeness (QED) is 0.605. The highest BCUT2D eigenvalue weighted by Crippen LogP contribution is 2.21. The third kappa shape index (κ3) is 5.02. The number of nitrogens with zero attached hydrogens (tertiary/aromatic N) is 3. The van der Waals surface area contributed by atoms with Crippen molar-refractivity contribution in [3.05, 3.63) is 63.9 Å². The smallest absolute Gasteiger partial charge is 0.319 e. The zero-order valence-electron chi connectivity index (χ0n) is 19.9. The summed E-state index contributed by atoms with van der Waals surface area (Å²) < 4.78 is 1.85. The third-order valence-corrected chi connectivity index (χ3v) is 6.23. The predicted molar refractivity (Wildman–Crippen MR) is 134 cm³/mol. The lowest BCUT2D eigenvalue weighted by molar-refractivity contribution is 0.246. The lowest BCUT2D eigenvalue weighted by atomic mass is 10.1. The fourth-order valence-electron chi connectivity index (χ4n) is 4.51. The van der Waals surface area contributed by atoms with Gasteiger partial charge in [-0.1, -0.05) is 44.2 Å². The monoisotopic (exact) mass is 447 g/mol. The van der Waals surface area contributed by atoms with Crippen LogP contribution in [0, 0.1) is 19.8 Å². The van der Waals surface area contributed by atoms with Gasteiger partial charge < -0.3 is 20.1 Å². The number of carbonyl (C=O) groups is 1. The van der Waals surface area contributed by atoms with Crippen LogP contribution in [-0.4, -0.2) is 34.7 Å². The molecule has 2 amide bonds. The van der Waals surface area contributed by atoms with Gasteiger partial charge in [0.05, 0.1) is 11.0 Å². The Bertz CT molecular complexity index is 1190. The van der Waals surface area contributed by atoms with Crippen molar-refractivity contribution in [2.24, 2.45) is 5.92 Å². The standard InChI is InChI=1S/C26H33N5O2/c1-17(2)16-31-22-11-6-5-10-21(22)28-24(25(31)32)30-14-12-20(13-15-30)27-26(33)29-23-18(3)8-7-9-19(23)4/h5-11,17,20H,12-16H2,1-4H3,(H2,27,29,33). The number of piperidine rings is 1. The second-order valence-electron chi connectivity index (χ2n) is 9.36. The van der Waals surface area contributed by atoms with Gasteiger partial charge in [0.2, 0.25) is 0 Å². The molecule has 0 spiro atoms. The van der Waals surface area contributed by atoms with Crippen molar-refractivity contribution in [1.29, 1.82) is 0 Å². The van der Waals surface area contributed by atoms with Crippen molar-refractivity contribution in [1.82, 2.24) is 14.9 Å². The molecule has 1 saturated heterocycles. The Balaban J connectivity index is 1.45. The van der Waals surface area contributed by atoms with Gasteiger partial charge in [0, 0.05) is 31.4 Å². The summed E-state index contributed by atoms with van der Waals surface area (Å²) in [5, 5.41) is 6.09. The average Bonchev–Trinajstić information content (AvgIpc) is 2.78. The Morgan fingerprint density at radius 3 is 2.39 bits per heavy atom. The zero-order valence-corrected chi connectivity index (χ0v) is 19.9. The molecule has 4 rings (SSSR count). The SMILES string of the molecule is Cc1cccc(C)c1NC(=O)NC1CCN(c2nc3ccccc3n(CC(C)C)c2=O)CC1. The topological polar surface area (TPSA) is 79.3 Å². The molecule has 1 aliphatic rings. The summed E-state index contributed by atoms with van der Waals surface area (Å²) in [6.07, 6.45) is 1.52. The maximum absolute atomic E-state index is 13.3. The Morgan fingerprint density at radius 1 is 1.06 bits per heavy atom. The summed E-state index contributed by atoms with van der Waals surface area (Å²) in [7, 11) is 0. The minimum Gasteiger partial charge on any atom is -0.352 e. The summed E-state index contributed by atoms with van der Waals surface area (Å²) >= 11 is 0. The van der Waals surface area contributed by atoms with Gasteiger partial charge >= 0.3 is 6.03 Å². The molecule has 0 unspecified atom stereocenters. The molecular formula is C26H33N5O2. The van der Waals surface area contributed by atoms with Crippen molar-refractivity contribution < 1.29 is 4.79 Å². The van der Waals surface area contributed by atoms with Crippen LogP contribution < -0.4 is 21.1 Å². The minimum atomic E-state index is -0.186. The van der Waals surface area contributed by atoms with Gasteiger partial charge in [-0.2, -0.15) is 0 Å². The van der Waals surface area contributed by atoms with Crippen molar-refractivity contribution >= 4 is 28.6 Å². The van der Waals surface area contributed by atoms with Crippen LogP contribution in [-0.2, 0) is 6.54 Å². The number of rotatable bonds is 5. The van der Waals surface area contributed by atoms with Crippen LogP contribution in [0.15, 0.2) is 47.3 Å². The highest BCUT2D eigenvalue weighted by Gasteiger charge is 2.25. The second-order valence-corrected chi connectivity index (χ2v) is 9.36. The zero-order chi connectivity index (χ0) is 23.5. The van der Waals surface area contributed by atoms with Gasteiger partial charge in [-0.25, -0.2) is 9.78 Å². The van der Waals surface area contributed by atoms with Crippen LogP contribution >= 0.6 is 0 Å². The molecule has 1 fully saturated rings. The fraction of sp³-hybridized carbons (Fsp3) is 0.423. The number of amides is 2. The first-order valence-corrected chi connectivity index (χ1v) is 11.7. The van der Waals surface area contributed by atoms with Gasteiger partial charge in [0.25, 0.3) is 5.56 Å². The number of urea groups is 1. The molecule has 33 heavy (non-hydrogen) atoms. The van der Waals surface area contributed by atoms with E-state index in [1.165, 1.54) is 0 Å². The number of hydrogen-bond acceptors (Lipinski definition) is 4. The van der Waals surface area contributed by atoms with E-state index in [1.54, 1.807) is 0 Å². The number of aryl methyl sites for hydroxylation is 2. The van der Waals surface area contributed by atoms with Crippen molar-refractivity contribution in [2.45, 2.75) is 53.1 Å². The largest absolute Gasteiger partial charge is 0.352 e. The molecule has 174 valence electrons. The summed E-state index contributed by atoms with van der Waals surface area (Å²) in [6, 6.07) is 13.7. The Morgan fingerprint density at radius 2 is 1.73 bits per heavy atom. The van der Waals surface area contributed by atoms with Gasteiger partial charge in [0.1, 0.15) is 0 Å². The highest BCUT2D eigenvalue weighted by molar-refractivity contribution is 5.91. The molecule has 1 aliphatic heterocycles. The molecule has 2 heterocycles. The molecule has 0 atom stereocenters. The Kier molecular flexibility index (Phi) is 6.67. The van der Waals surface area contributed by atoms with Crippen LogP contribution in [0.2, 0.25) is 0 Å². The number of para-hydroxylation sites is 3. The van der Waals surface area contributed by atoms with E-state index in [1.807, 2.05) is 60.9 Å². The molecule has 0 radical (unpaired) electrons. The Labute approximate surface area is 194 Å². The molecule has 0 bridgehead atoms. The third-order valence-electron chi connectivity index (χ3n) is 6.23. The van der Waals surface area contributed by atoms with Crippen LogP contribution in [0.4, 0.5) is 16.3 Å². The lowest BCUT2D eigenvalue weighted by Crippen LogP contribution is -2.47. The van der Waals surface area contributed by atoms with Crippen LogP contribution in [0.25, 0.3) is 11.0 Å². The highest BCUT2D eigenvalue weighted by atomic mass is 16.2. The predicted octanol–water partition coefficient (Wildman–Crippen LogP) is 4.46. The van der Waals surface area contributed by atoms with Gasteiger partial charge in [0.15, 0.2) is 5.82 Å². The summed E-state index contributed by atoms with van der Waals surface area (Å²) in [6.45, 7) is 10.2. The molecule has 0 saturated carbocycles. The van der Waals surface area contributed by atoms with E-state index in [0.717, 1.165) is 40.7 Å². The number of anilines is 2. The van der Waals surface area contributed by atoms with E-state index in [-0.39, 0.29) is 17.6 Å². The van der Waals surface area contributed by atoms with E-state index >= 15 is 0 Å². The van der Waals surface area contributed by atoms with Crippen molar-refractivity contribution in [3.63, 3.8) is 0 Å². The molecule has 2 N–H and O–H groups in total. The van der Waals surface area contributed by atoms with E-state index in [0.29, 0.717) is 31.4 Å². The first-order valence-electron chi connectivity index (χ1n) is 11.7. The van der Waals surface area contributed by atoms with E-state index in [2.05, 4.69) is 29.4 Å². The van der Waals surface area contributed by atoms with Gasteiger partial charge in [-0.3, -0.25) is 4.79 Å². The number of nitrogens with one attached hydrogen (secondary N) is 2. The maximum atomic E-state index is 13.3. The second kappa shape index (κ2) is 9.65. The number of aromatic nitrogens is 2. The molecule has 1 aromatic heterocycles. The summed E-state index contributed by atoms with van der Waals surface area (Å²) in [4.78, 5) is 32.7. The summed E-state index contributed by atoms with van der Waals surface area (Å²) in [5.41, 5.74) is 4.61. The summed E-state index contributed by atoms with van der Waals surface area (Å²) in [5.74, 6) is 0.861. The maximum Gasteiger partial charge on any atom is 0.319 e. The molecular weight excluding hydrogens is 414 g/mol. The Hall–Kier alpha value is -3.35. The fourth-order valence-corrected chi connectivity index (χ4v) is 4.51. The molecule has 0 aliphatic carbocycles. The number of benzene rings is 2. The number of fused-ring (bicyclic) bond motifs is 1. The average molecular weight is 448 g/mol. The lowest BCUT2D eigenvalue weighted by Gasteiger charge is -2.33. The van der Waals surface area contributed by atoms with Crippen LogP contribution in [0.1, 0.15) is 37.8 Å².